The molecule has 1 aliphatic carbocycles. The molecule has 0 saturated carbocycles. The van der Waals surface area contributed by atoms with E-state index in [1.165, 1.54) is 4.88 Å². The Morgan fingerprint density at radius 1 is 1.47 bits per heavy atom. The van der Waals surface area contributed by atoms with Gasteiger partial charge in [0.15, 0.2) is 0 Å². The number of aliphatic hydroxyl groups is 1. The van der Waals surface area contributed by atoms with Gasteiger partial charge in [0.05, 0.1) is 6.10 Å². The third-order valence-corrected chi connectivity index (χ3v) is 4.28. The van der Waals surface area contributed by atoms with Crippen LogP contribution in [0.2, 0.25) is 0 Å². The molecule has 0 amide bonds. The number of thiophene rings is 1. The number of hydrogen-bond acceptors (Lipinski definition) is 2. The van der Waals surface area contributed by atoms with Crippen LogP contribution < -0.4 is 0 Å². The molecule has 0 spiro atoms. The van der Waals surface area contributed by atoms with Gasteiger partial charge in [0.2, 0.25) is 0 Å². The molecule has 0 saturated heterocycles. The van der Waals surface area contributed by atoms with E-state index in [0.29, 0.717) is 0 Å². The average molecular weight is 264 g/mol. The molecular weight excluding hydrogens is 249 g/mol. The largest absolute Gasteiger partial charge is 0.392 e. The summed E-state index contributed by atoms with van der Waals surface area (Å²) in [5.41, 5.74) is 1.07. The molecule has 5 heteroatoms. The van der Waals surface area contributed by atoms with Crippen molar-refractivity contribution in [1.82, 2.24) is 0 Å². The molecule has 2 unspecified atom stereocenters. The zero-order chi connectivity index (χ0) is 12.5. The molecule has 2 atom stereocenters. The van der Waals surface area contributed by atoms with Crippen molar-refractivity contribution in [2.45, 2.75) is 50.3 Å². The second-order valence-electron chi connectivity index (χ2n) is 4.52. The summed E-state index contributed by atoms with van der Waals surface area (Å²) >= 11 is 1.64. The molecule has 1 aliphatic rings. The molecule has 17 heavy (non-hydrogen) atoms. The lowest BCUT2D eigenvalue weighted by Gasteiger charge is -2.27. The van der Waals surface area contributed by atoms with Gasteiger partial charge >= 0.3 is 6.18 Å². The number of aryl methyl sites for hydroxylation is 1. The van der Waals surface area contributed by atoms with Gasteiger partial charge in [-0.25, -0.2) is 0 Å². The molecule has 96 valence electrons. The molecule has 0 fully saturated rings. The van der Waals surface area contributed by atoms with Gasteiger partial charge in [-0.2, -0.15) is 13.2 Å². The van der Waals surface area contributed by atoms with E-state index in [-0.39, 0.29) is 12.3 Å². The molecule has 0 aliphatic heterocycles. The van der Waals surface area contributed by atoms with Crippen LogP contribution in [0.15, 0.2) is 11.4 Å². The van der Waals surface area contributed by atoms with E-state index in [9.17, 15) is 18.3 Å². The summed E-state index contributed by atoms with van der Waals surface area (Å²) in [4.78, 5) is 1.23. The Bertz CT molecular complexity index is 372. The maximum absolute atomic E-state index is 12.1. The van der Waals surface area contributed by atoms with Crippen molar-refractivity contribution in [3.05, 3.63) is 21.9 Å². The van der Waals surface area contributed by atoms with Gasteiger partial charge in [-0.3, -0.25) is 0 Å². The van der Waals surface area contributed by atoms with Crippen molar-refractivity contribution in [1.29, 1.82) is 0 Å². The molecule has 1 aromatic rings. The Morgan fingerprint density at radius 3 is 2.94 bits per heavy atom. The molecular formula is C12H15F3OS. The Labute approximate surface area is 102 Å². The van der Waals surface area contributed by atoms with E-state index in [1.54, 1.807) is 11.3 Å². The van der Waals surface area contributed by atoms with Crippen molar-refractivity contribution in [3.63, 3.8) is 0 Å². The summed E-state index contributed by atoms with van der Waals surface area (Å²) < 4.78 is 36.3. The van der Waals surface area contributed by atoms with Crippen LogP contribution in [0.25, 0.3) is 0 Å². The van der Waals surface area contributed by atoms with Gasteiger partial charge in [0, 0.05) is 17.2 Å². The Kier molecular flexibility index (Phi) is 3.78. The maximum atomic E-state index is 12.1. The Morgan fingerprint density at radius 2 is 2.24 bits per heavy atom. The number of aliphatic hydroxyl groups excluding tert-OH is 1. The summed E-state index contributed by atoms with van der Waals surface area (Å²) in [6, 6.07) is 1.95. The standard InChI is InChI=1S/C12H15F3OS/c13-12(14,15)6-4-10(16)8-2-1-3-11-9(8)5-7-17-11/h5,7-8,10,16H,1-4,6H2. The third-order valence-electron chi connectivity index (χ3n) is 3.29. The molecule has 0 bridgehead atoms. The summed E-state index contributed by atoms with van der Waals surface area (Å²) in [5, 5.41) is 11.9. The van der Waals surface area contributed by atoms with Gasteiger partial charge in [-0.1, -0.05) is 0 Å². The predicted octanol–water partition coefficient (Wildman–Crippen LogP) is 3.87. The first kappa shape index (κ1) is 12.9. The Balaban J connectivity index is 2.00. The minimum atomic E-state index is -4.17. The quantitative estimate of drug-likeness (QED) is 0.878. The highest BCUT2D eigenvalue weighted by Gasteiger charge is 2.32. The second kappa shape index (κ2) is 4.98. The van der Waals surface area contributed by atoms with Gasteiger partial charge < -0.3 is 5.11 Å². The monoisotopic (exact) mass is 264 g/mol. The molecule has 1 nitrogen and oxygen atoms in total. The SMILES string of the molecule is OC(CCC(F)(F)F)C1CCCc2sccc21. The van der Waals surface area contributed by atoms with Crippen LogP contribution in [-0.2, 0) is 6.42 Å². The molecule has 1 heterocycles. The van der Waals surface area contributed by atoms with Crippen LogP contribution in [0.5, 0.6) is 0 Å². The van der Waals surface area contributed by atoms with Gasteiger partial charge in [-0.15, -0.1) is 11.3 Å². The first-order chi connectivity index (χ1) is 7.97. The molecule has 1 N–H and O–H groups in total. The zero-order valence-electron chi connectivity index (χ0n) is 9.33. The van der Waals surface area contributed by atoms with Crippen molar-refractivity contribution in [2.75, 3.05) is 0 Å². The topological polar surface area (TPSA) is 20.2 Å². The van der Waals surface area contributed by atoms with Crippen molar-refractivity contribution >= 4 is 11.3 Å². The van der Waals surface area contributed by atoms with E-state index in [1.807, 2.05) is 11.4 Å². The van der Waals surface area contributed by atoms with E-state index >= 15 is 0 Å². The van der Waals surface area contributed by atoms with Gasteiger partial charge in [0.25, 0.3) is 0 Å². The van der Waals surface area contributed by atoms with Gasteiger partial charge in [0.1, 0.15) is 0 Å². The lowest BCUT2D eigenvalue weighted by atomic mass is 9.82. The highest BCUT2D eigenvalue weighted by atomic mass is 32.1. The first-order valence-electron chi connectivity index (χ1n) is 5.78. The molecule has 0 aromatic carbocycles. The maximum Gasteiger partial charge on any atom is 0.389 e. The summed E-state index contributed by atoms with van der Waals surface area (Å²) in [6.45, 7) is 0. The van der Waals surface area contributed by atoms with Gasteiger partial charge in [-0.05, 0) is 42.7 Å². The van der Waals surface area contributed by atoms with E-state index in [2.05, 4.69) is 0 Å². The fourth-order valence-electron chi connectivity index (χ4n) is 2.43. The number of halogens is 3. The predicted molar refractivity (Wildman–Crippen MR) is 61.3 cm³/mol. The van der Waals surface area contributed by atoms with Crippen molar-refractivity contribution in [2.24, 2.45) is 0 Å². The van der Waals surface area contributed by atoms with E-state index in [0.717, 1.165) is 24.8 Å². The third kappa shape index (κ3) is 3.22. The minimum Gasteiger partial charge on any atom is -0.392 e. The van der Waals surface area contributed by atoms with E-state index < -0.39 is 18.7 Å². The number of alkyl halides is 3. The van der Waals surface area contributed by atoms with Crippen LogP contribution in [0.4, 0.5) is 13.2 Å². The first-order valence-corrected chi connectivity index (χ1v) is 6.66. The van der Waals surface area contributed by atoms with Crippen LogP contribution in [0.1, 0.15) is 42.0 Å². The zero-order valence-corrected chi connectivity index (χ0v) is 10.2. The highest BCUT2D eigenvalue weighted by Crippen LogP contribution is 2.38. The number of rotatable bonds is 3. The van der Waals surface area contributed by atoms with Crippen LogP contribution in [-0.4, -0.2) is 17.4 Å². The lowest BCUT2D eigenvalue weighted by Crippen LogP contribution is -2.24. The fourth-order valence-corrected chi connectivity index (χ4v) is 3.43. The summed E-state index contributed by atoms with van der Waals surface area (Å²) in [6.07, 6.45) is -3.38. The van der Waals surface area contributed by atoms with Crippen LogP contribution in [0, 0.1) is 0 Å². The molecule has 2 rings (SSSR count). The second-order valence-corrected chi connectivity index (χ2v) is 5.52. The molecule has 0 radical (unpaired) electrons. The highest BCUT2D eigenvalue weighted by molar-refractivity contribution is 7.10. The smallest absolute Gasteiger partial charge is 0.389 e. The minimum absolute atomic E-state index is 0.104. The fraction of sp³-hybridized carbons (Fsp3) is 0.667. The summed E-state index contributed by atoms with van der Waals surface area (Å²) in [7, 11) is 0. The number of fused-ring (bicyclic) bond motifs is 1. The normalized spacial score (nSPS) is 22.2. The van der Waals surface area contributed by atoms with Crippen molar-refractivity contribution < 1.29 is 18.3 Å². The van der Waals surface area contributed by atoms with Crippen LogP contribution in [0.3, 0.4) is 0 Å². The average Bonchev–Trinajstić information content (AvgIpc) is 2.72. The molecule has 1 aromatic heterocycles. The lowest BCUT2D eigenvalue weighted by molar-refractivity contribution is -0.140. The van der Waals surface area contributed by atoms with E-state index in [4.69, 9.17) is 0 Å². The number of hydrogen-bond donors (Lipinski definition) is 1. The Hall–Kier alpha value is -0.550. The van der Waals surface area contributed by atoms with Crippen molar-refractivity contribution in [3.8, 4) is 0 Å². The van der Waals surface area contributed by atoms with Crippen LogP contribution >= 0.6 is 11.3 Å². The summed E-state index contributed by atoms with van der Waals surface area (Å²) in [5.74, 6) is -0.104.